The molecule has 158 valence electrons. The van der Waals surface area contributed by atoms with Crippen LogP contribution in [-0.4, -0.2) is 13.7 Å². The number of rotatable bonds is 8. The number of methoxy groups -OCH3 is 1. The maximum absolute atomic E-state index is 14.6. The highest BCUT2D eigenvalue weighted by Gasteiger charge is 2.26. The minimum atomic E-state index is -0.784. The predicted molar refractivity (Wildman–Crippen MR) is 108 cm³/mol. The van der Waals surface area contributed by atoms with Crippen LogP contribution < -0.4 is 4.74 Å². The Hall–Kier alpha value is -2.01. The van der Waals surface area contributed by atoms with Crippen LogP contribution in [0.15, 0.2) is 30.3 Å². The van der Waals surface area contributed by atoms with Crippen molar-refractivity contribution in [2.24, 2.45) is 5.92 Å². The first-order valence-corrected chi connectivity index (χ1v) is 10.4. The Morgan fingerprint density at radius 3 is 2.31 bits per heavy atom. The maximum Gasteiger partial charge on any atom is 0.164 e. The van der Waals surface area contributed by atoms with Gasteiger partial charge in [-0.3, -0.25) is 0 Å². The van der Waals surface area contributed by atoms with E-state index in [9.17, 15) is 13.2 Å². The standard InChI is InChI=1S/C24H29F3O2/c1-3-29-15-19-11-13-21(24(27)23(19)26)17-7-4-16(5-8-17)6-9-18-10-12-20(28-2)14-22(18)25/h10-14,16-17H,3-9,15H2,1-2H3. The summed E-state index contributed by atoms with van der Waals surface area (Å²) in [5, 5.41) is 0. The molecule has 5 heteroatoms. The lowest BCUT2D eigenvalue weighted by Gasteiger charge is -2.29. The Kier molecular flexibility index (Phi) is 7.59. The monoisotopic (exact) mass is 406 g/mol. The number of hydrogen-bond acceptors (Lipinski definition) is 2. The molecular formula is C24H29F3O2. The molecule has 0 atom stereocenters. The number of hydrogen-bond donors (Lipinski definition) is 0. The van der Waals surface area contributed by atoms with Crippen molar-refractivity contribution in [1.29, 1.82) is 0 Å². The lowest BCUT2D eigenvalue weighted by molar-refractivity contribution is 0.130. The van der Waals surface area contributed by atoms with E-state index in [1.807, 2.05) is 6.92 Å². The highest BCUT2D eigenvalue weighted by molar-refractivity contribution is 5.30. The SMILES string of the molecule is CCOCc1ccc(C2CCC(CCc3ccc(OC)cc3F)CC2)c(F)c1F. The lowest BCUT2D eigenvalue weighted by atomic mass is 9.76. The number of halogens is 3. The van der Waals surface area contributed by atoms with Gasteiger partial charge in [-0.2, -0.15) is 0 Å². The van der Waals surface area contributed by atoms with E-state index in [-0.39, 0.29) is 23.9 Å². The molecule has 0 saturated heterocycles. The quantitative estimate of drug-likeness (QED) is 0.494. The van der Waals surface area contributed by atoms with Crippen LogP contribution in [-0.2, 0) is 17.8 Å². The number of benzene rings is 2. The van der Waals surface area contributed by atoms with Crippen LogP contribution in [0.1, 0.15) is 61.6 Å². The molecule has 29 heavy (non-hydrogen) atoms. The summed E-state index contributed by atoms with van der Waals surface area (Å²) in [6, 6.07) is 8.33. The van der Waals surface area contributed by atoms with Crippen molar-refractivity contribution in [3.8, 4) is 5.75 Å². The first kappa shape index (κ1) is 21.7. The minimum absolute atomic E-state index is 0.0413. The van der Waals surface area contributed by atoms with Crippen LogP contribution in [0.3, 0.4) is 0 Å². The van der Waals surface area contributed by atoms with Gasteiger partial charge in [0, 0.05) is 18.2 Å². The molecule has 0 aliphatic heterocycles. The van der Waals surface area contributed by atoms with Crippen molar-refractivity contribution >= 4 is 0 Å². The van der Waals surface area contributed by atoms with Gasteiger partial charge in [0.05, 0.1) is 13.7 Å². The van der Waals surface area contributed by atoms with E-state index in [1.54, 1.807) is 24.3 Å². The van der Waals surface area contributed by atoms with Gasteiger partial charge < -0.3 is 9.47 Å². The molecule has 1 saturated carbocycles. The van der Waals surface area contributed by atoms with Crippen LogP contribution >= 0.6 is 0 Å². The third-order valence-corrected chi connectivity index (χ3v) is 6.02. The highest BCUT2D eigenvalue weighted by Crippen LogP contribution is 2.39. The topological polar surface area (TPSA) is 18.5 Å². The van der Waals surface area contributed by atoms with E-state index < -0.39 is 11.6 Å². The van der Waals surface area contributed by atoms with Gasteiger partial charge in [0.2, 0.25) is 0 Å². The van der Waals surface area contributed by atoms with Gasteiger partial charge in [0.1, 0.15) is 11.6 Å². The molecule has 0 aromatic heterocycles. The van der Waals surface area contributed by atoms with E-state index in [4.69, 9.17) is 9.47 Å². The lowest BCUT2D eigenvalue weighted by Crippen LogP contribution is -2.16. The van der Waals surface area contributed by atoms with E-state index >= 15 is 0 Å². The van der Waals surface area contributed by atoms with E-state index in [1.165, 1.54) is 13.2 Å². The van der Waals surface area contributed by atoms with E-state index in [0.717, 1.165) is 32.1 Å². The largest absolute Gasteiger partial charge is 0.497 e. The average molecular weight is 406 g/mol. The normalized spacial score (nSPS) is 19.3. The Morgan fingerprint density at radius 2 is 1.66 bits per heavy atom. The molecular weight excluding hydrogens is 377 g/mol. The van der Waals surface area contributed by atoms with Crippen molar-refractivity contribution in [1.82, 2.24) is 0 Å². The average Bonchev–Trinajstić information content (AvgIpc) is 2.74. The summed E-state index contributed by atoms with van der Waals surface area (Å²) in [7, 11) is 1.52. The second-order valence-corrected chi connectivity index (χ2v) is 7.79. The van der Waals surface area contributed by atoms with Gasteiger partial charge in [0.25, 0.3) is 0 Å². The summed E-state index contributed by atoms with van der Waals surface area (Å²) < 4.78 is 53.2. The summed E-state index contributed by atoms with van der Waals surface area (Å²) in [6.07, 6.45) is 5.14. The second-order valence-electron chi connectivity index (χ2n) is 7.79. The fourth-order valence-electron chi connectivity index (χ4n) is 4.22. The van der Waals surface area contributed by atoms with Crippen molar-refractivity contribution in [3.05, 3.63) is 64.5 Å². The molecule has 1 aliphatic carbocycles. The summed E-state index contributed by atoms with van der Waals surface area (Å²) >= 11 is 0. The highest BCUT2D eigenvalue weighted by atomic mass is 19.2. The Bertz CT molecular complexity index is 814. The first-order chi connectivity index (χ1) is 14.0. The van der Waals surface area contributed by atoms with Crippen molar-refractivity contribution < 1.29 is 22.6 Å². The van der Waals surface area contributed by atoms with Crippen molar-refractivity contribution in [3.63, 3.8) is 0 Å². The van der Waals surface area contributed by atoms with E-state index in [0.29, 0.717) is 35.8 Å². The molecule has 3 rings (SSSR count). The zero-order valence-corrected chi connectivity index (χ0v) is 17.1. The van der Waals surface area contributed by atoms with Crippen LogP contribution in [0.5, 0.6) is 5.75 Å². The summed E-state index contributed by atoms with van der Waals surface area (Å²) in [5.41, 5.74) is 1.44. The smallest absolute Gasteiger partial charge is 0.164 e. The molecule has 2 aromatic carbocycles. The summed E-state index contributed by atoms with van der Waals surface area (Å²) in [5.74, 6) is -0.701. The van der Waals surface area contributed by atoms with E-state index in [2.05, 4.69) is 0 Å². The summed E-state index contributed by atoms with van der Waals surface area (Å²) in [6.45, 7) is 2.38. The Balaban J connectivity index is 1.55. The van der Waals surface area contributed by atoms with Crippen molar-refractivity contribution in [2.45, 2.75) is 58.0 Å². The molecule has 1 aliphatic rings. The van der Waals surface area contributed by atoms with Gasteiger partial charge in [0.15, 0.2) is 11.6 Å². The van der Waals surface area contributed by atoms with Gasteiger partial charge in [-0.1, -0.05) is 18.2 Å². The van der Waals surface area contributed by atoms with Crippen molar-refractivity contribution in [2.75, 3.05) is 13.7 Å². The number of ether oxygens (including phenoxy) is 2. The molecule has 2 aromatic rings. The zero-order chi connectivity index (χ0) is 20.8. The maximum atomic E-state index is 14.6. The fraction of sp³-hybridized carbons (Fsp3) is 0.500. The molecule has 0 heterocycles. The molecule has 0 N–H and O–H groups in total. The molecule has 0 bridgehead atoms. The molecule has 0 radical (unpaired) electrons. The van der Waals surface area contributed by atoms with Gasteiger partial charge in [-0.05, 0) is 74.5 Å². The van der Waals surface area contributed by atoms with Crippen LogP contribution in [0.2, 0.25) is 0 Å². The Labute approximate surface area is 171 Å². The molecule has 0 spiro atoms. The van der Waals surface area contributed by atoms with Gasteiger partial charge in [-0.15, -0.1) is 0 Å². The van der Waals surface area contributed by atoms with Gasteiger partial charge >= 0.3 is 0 Å². The Morgan fingerprint density at radius 1 is 0.931 bits per heavy atom. The van der Waals surface area contributed by atoms with Gasteiger partial charge in [-0.25, -0.2) is 13.2 Å². The molecule has 1 fully saturated rings. The molecule has 0 unspecified atom stereocenters. The molecule has 2 nitrogen and oxygen atoms in total. The fourth-order valence-corrected chi connectivity index (χ4v) is 4.22. The predicted octanol–water partition coefficient (Wildman–Crippen LogP) is 6.56. The third kappa shape index (κ3) is 5.33. The van der Waals surface area contributed by atoms with Crippen LogP contribution in [0.25, 0.3) is 0 Å². The minimum Gasteiger partial charge on any atom is -0.497 e. The number of aryl methyl sites for hydroxylation is 1. The van der Waals surface area contributed by atoms with Crippen LogP contribution in [0, 0.1) is 23.4 Å². The van der Waals surface area contributed by atoms with Crippen LogP contribution in [0.4, 0.5) is 13.2 Å². The first-order valence-electron chi connectivity index (χ1n) is 10.4. The zero-order valence-electron chi connectivity index (χ0n) is 17.1. The second kappa shape index (κ2) is 10.1. The third-order valence-electron chi connectivity index (χ3n) is 6.02. The molecule has 0 amide bonds. The summed E-state index contributed by atoms with van der Waals surface area (Å²) in [4.78, 5) is 0.